The number of amides is 1. The Hall–Kier alpha value is -4.72. The molecule has 1 aliphatic heterocycles. The highest BCUT2D eigenvalue weighted by Crippen LogP contribution is 2.42. The van der Waals surface area contributed by atoms with Crippen LogP contribution in [-0.2, 0) is 16.0 Å². The number of nitrogens with one attached hydrogen (secondary N) is 1. The van der Waals surface area contributed by atoms with E-state index in [9.17, 15) is 14.7 Å². The number of nitrogens with zero attached hydrogens (tertiary/aromatic N) is 1. The minimum Gasteiger partial charge on any atom is -0.507 e. The summed E-state index contributed by atoms with van der Waals surface area (Å²) in [5.74, 6) is 0.0875. The van der Waals surface area contributed by atoms with Crippen LogP contribution in [0.2, 0.25) is 0 Å². The summed E-state index contributed by atoms with van der Waals surface area (Å²) < 4.78 is 16.2. The number of benzene rings is 3. The molecule has 0 saturated carbocycles. The number of ketones is 1. The molecular weight excluding hydrogens is 484 g/mol. The predicted octanol–water partition coefficient (Wildman–Crippen LogP) is 4.86. The minimum absolute atomic E-state index is 0.0361. The van der Waals surface area contributed by atoms with Gasteiger partial charge in [0.15, 0.2) is 11.5 Å². The predicted molar refractivity (Wildman–Crippen MR) is 144 cm³/mol. The zero-order chi connectivity index (χ0) is 26.8. The first-order valence-corrected chi connectivity index (χ1v) is 12.2. The van der Waals surface area contributed by atoms with E-state index in [1.807, 2.05) is 30.5 Å². The molecule has 1 aromatic heterocycles. The third-order valence-corrected chi connectivity index (χ3v) is 6.91. The summed E-state index contributed by atoms with van der Waals surface area (Å²) in [7, 11) is 4.67. The van der Waals surface area contributed by atoms with E-state index in [1.165, 1.54) is 19.1 Å². The molecule has 0 radical (unpaired) electrons. The van der Waals surface area contributed by atoms with Gasteiger partial charge >= 0.3 is 0 Å². The fourth-order valence-electron chi connectivity index (χ4n) is 4.96. The highest BCUT2D eigenvalue weighted by atomic mass is 16.5. The Morgan fingerprint density at radius 1 is 0.921 bits per heavy atom. The standard InChI is InChI=1S/C30H28N2O6/c1-36-21-10-11-23-22(16-21)20(17-31-23)13-14-32-27(19-9-12-24(37-2)25(15-19)38-3)26(29(34)30(32)35)28(33)18-7-5-4-6-8-18/h4-12,15-17,27,31,33H,13-14H2,1-3H3/t27-/m0/s1. The van der Waals surface area contributed by atoms with Gasteiger partial charge in [-0.1, -0.05) is 36.4 Å². The molecule has 0 unspecified atom stereocenters. The maximum absolute atomic E-state index is 13.4. The van der Waals surface area contributed by atoms with Crippen molar-refractivity contribution in [3.8, 4) is 17.2 Å². The number of carbonyl (C=O) groups is 2. The maximum atomic E-state index is 13.4. The number of likely N-dealkylation sites (tertiary alicyclic amines) is 1. The molecule has 2 N–H and O–H groups in total. The van der Waals surface area contributed by atoms with Crippen molar-refractivity contribution in [3.63, 3.8) is 0 Å². The van der Waals surface area contributed by atoms with Gasteiger partial charge in [0.2, 0.25) is 0 Å². The van der Waals surface area contributed by atoms with Crippen molar-refractivity contribution in [1.82, 2.24) is 9.88 Å². The molecule has 5 rings (SSSR count). The van der Waals surface area contributed by atoms with E-state index in [4.69, 9.17) is 14.2 Å². The molecule has 1 atom stereocenters. The van der Waals surface area contributed by atoms with Crippen LogP contribution in [-0.4, -0.2) is 54.6 Å². The Balaban J connectivity index is 1.58. The van der Waals surface area contributed by atoms with Crippen molar-refractivity contribution < 1.29 is 28.9 Å². The molecule has 4 aromatic rings. The van der Waals surface area contributed by atoms with Gasteiger partial charge in [-0.3, -0.25) is 9.59 Å². The second-order valence-corrected chi connectivity index (χ2v) is 8.95. The lowest BCUT2D eigenvalue weighted by Crippen LogP contribution is -2.31. The van der Waals surface area contributed by atoms with Gasteiger partial charge in [-0.05, 0) is 47.9 Å². The van der Waals surface area contributed by atoms with E-state index in [2.05, 4.69) is 4.98 Å². The van der Waals surface area contributed by atoms with E-state index in [0.29, 0.717) is 29.0 Å². The number of aliphatic hydroxyl groups excluding tert-OH is 1. The Bertz CT molecular complexity index is 1540. The van der Waals surface area contributed by atoms with Crippen molar-refractivity contribution in [1.29, 1.82) is 0 Å². The lowest BCUT2D eigenvalue weighted by atomic mass is 9.95. The number of Topliss-reactive ketones (excluding diaryl/α,β-unsaturated/α-hetero) is 1. The van der Waals surface area contributed by atoms with Gasteiger partial charge in [0.1, 0.15) is 11.5 Å². The second-order valence-electron chi connectivity index (χ2n) is 8.95. The first-order valence-electron chi connectivity index (χ1n) is 12.2. The Morgan fingerprint density at radius 2 is 1.68 bits per heavy atom. The third-order valence-electron chi connectivity index (χ3n) is 6.91. The largest absolute Gasteiger partial charge is 0.507 e. The lowest BCUT2D eigenvalue weighted by molar-refractivity contribution is -0.139. The quantitative estimate of drug-likeness (QED) is 0.199. The molecule has 38 heavy (non-hydrogen) atoms. The fraction of sp³-hybridized carbons (Fsp3) is 0.200. The van der Waals surface area contributed by atoms with Gasteiger partial charge in [0, 0.05) is 29.2 Å². The number of methoxy groups -OCH3 is 3. The van der Waals surface area contributed by atoms with Crippen molar-refractivity contribution in [2.75, 3.05) is 27.9 Å². The number of hydrogen-bond donors (Lipinski definition) is 2. The summed E-state index contributed by atoms with van der Waals surface area (Å²) in [5.41, 5.74) is 3.05. The molecular formula is C30H28N2O6. The molecule has 1 aliphatic rings. The smallest absolute Gasteiger partial charge is 0.295 e. The average molecular weight is 513 g/mol. The zero-order valence-corrected chi connectivity index (χ0v) is 21.4. The maximum Gasteiger partial charge on any atom is 0.295 e. The molecule has 194 valence electrons. The molecule has 0 bridgehead atoms. The summed E-state index contributed by atoms with van der Waals surface area (Å²) in [4.78, 5) is 31.5. The number of hydrogen-bond acceptors (Lipinski definition) is 6. The van der Waals surface area contributed by atoms with E-state index in [0.717, 1.165) is 22.2 Å². The van der Waals surface area contributed by atoms with Crippen LogP contribution in [0.3, 0.4) is 0 Å². The molecule has 1 fully saturated rings. The normalized spacial score (nSPS) is 16.7. The Labute approximate surface area is 220 Å². The molecule has 3 aromatic carbocycles. The number of rotatable bonds is 8. The molecule has 8 nitrogen and oxygen atoms in total. The number of H-pyrrole nitrogens is 1. The minimum atomic E-state index is -0.810. The molecule has 0 aliphatic carbocycles. The van der Waals surface area contributed by atoms with Crippen LogP contribution in [0.4, 0.5) is 0 Å². The number of carbonyl (C=O) groups excluding carboxylic acids is 2. The number of aromatic nitrogens is 1. The summed E-state index contributed by atoms with van der Waals surface area (Å²) in [6.45, 7) is 0.249. The van der Waals surface area contributed by atoms with Gasteiger partial charge in [-0.25, -0.2) is 0 Å². The van der Waals surface area contributed by atoms with Crippen molar-refractivity contribution in [3.05, 3.63) is 95.2 Å². The Kier molecular flexibility index (Phi) is 6.79. The van der Waals surface area contributed by atoms with Crippen LogP contribution in [0.5, 0.6) is 17.2 Å². The summed E-state index contributed by atoms with van der Waals surface area (Å²) >= 11 is 0. The van der Waals surface area contributed by atoms with Gasteiger partial charge in [0.25, 0.3) is 11.7 Å². The average Bonchev–Trinajstić information content (AvgIpc) is 3.48. The Morgan fingerprint density at radius 3 is 2.39 bits per heavy atom. The lowest BCUT2D eigenvalue weighted by Gasteiger charge is -2.26. The fourth-order valence-corrected chi connectivity index (χ4v) is 4.96. The summed E-state index contributed by atoms with van der Waals surface area (Å²) in [6, 6.07) is 18.9. The number of fused-ring (bicyclic) bond motifs is 1. The van der Waals surface area contributed by atoms with Crippen LogP contribution >= 0.6 is 0 Å². The number of aliphatic hydroxyl groups is 1. The summed E-state index contributed by atoms with van der Waals surface area (Å²) in [6.07, 6.45) is 2.38. The van der Waals surface area contributed by atoms with E-state index in [1.54, 1.807) is 49.6 Å². The topological polar surface area (TPSA) is 101 Å². The highest BCUT2D eigenvalue weighted by Gasteiger charge is 2.46. The zero-order valence-electron chi connectivity index (χ0n) is 21.4. The van der Waals surface area contributed by atoms with E-state index >= 15 is 0 Å². The van der Waals surface area contributed by atoms with Crippen LogP contribution in [0.25, 0.3) is 16.7 Å². The van der Waals surface area contributed by atoms with Crippen LogP contribution in [0, 0.1) is 0 Å². The molecule has 2 heterocycles. The highest BCUT2D eigenvalue weighted by molar-refractivity contribution is 6.46. The van der Waals surface area contributed by atoms with Crippen molar-refractivity contribution >= 4 is 28.4 Å². The van der Waals surface area contributed by atoms with Crippen molar-refractivity contribution in [2.24, 2.45) is 0 Å². The van der Waals surface area contributed by atoms with Gasteiger partial charge in [-0.2, -0.15) is 0 Å². The number of ether oxygens (including phenoxy) is 3. The molecule has 1 amide bonds. The molecule has 0 spiro atoms. The molecule has 1 saturated heterocycles. The number of aromatic amines is 1. The van der Waals surface area contributed by atoms with Crippen LogP contribution in [0.1, 0.15) is 22.7 Å². The van der Waals surface area contributed by atoms with E-state index in [-0.39, 0.29) is 17.9 Å². The van der Waals surface area contributed by atoms with Gasteiger partial charge < -0.3 is 29.2 Å². The third kappa shape index (κ3) is 4.34. The summed E-state index contributed by atoms with van der Waals surface area (Å²) in [5, 5.41) is 12.2. The van der Waals surface area contributed by atoms with Crippen LogP contribution in [0.15, 0.2) is 78.5 Å². The van der Waals surface area contributed by atoms with Crippen molar-refractivity contribution in [2.45, 2.75) is 12.5 Å². The monoisotopic (exact) mass is 512 g/mol. The SMILES string of the molecule is COc1ccc2[nH]cc(CCN3C(=O)C(=O)C(=C(O)c4ccccc4)[C@@H]3c3ccc(OC)c(OC)c3)c2c1. The van der Waals surface area contributed by atoms with Gasteiger partial charge in [-0.15, -0.1) is 0 Å². The first-order chi connectivity index (χ1) is 18.5. The molecule has 8 heteroatoms. The van der Waals surface area contributed by atoms with E-state index < -0.39 is 17.7 Å². The first kappa shape index (κ1) is 25.0. The van der Waals surface area contributed by atoms with Gasteiger partial charge in [0.05, 0.1) is 32.9 Å². The van der Waals surface area contributed by atoms with Crippen LogP contribution < -0.4 is 14.2 Å². The second kappa shape index (κ2) is 10.3.